The quantitative estimate of drug-likeness (QED) is 0.245. The molecule has 2 aliphatic carbocycles. The van der Waals surface area contributed by atoms with Crippen molar-refractivity contribution in [3.63, 3.8) is 0 Å². The fraction of sp³-hybridized carbons (Fsp3) is 0.469. The van der Waals surface area contributed by atoms with E-state index in [9.17, 15) is 4.79 Å². The van der Waals surface area contributed by atoms with Crippen LogP contribution in [0, 0.1) is 11.3 Å². The number of benzene rings is 1. The van der Waals surface area contributed by atoms with Crippen molar-refractivity contribution < 1.29 is 14.3 Å². The van der Waals surface area contributed by atoms with E-state index in [0.29, 0.717) is 28.5 Å². The first-order valence-electron chi connectivity index (χ1n) is 14.4. The van der Waals surface area contributed by atoms with Gasteiger partial charge in [0, 0.05) is 53.4 Å². The highest BCUT2D eigenvalue weighted by Gasteiger charge is 2.50. The summed E-state index contributed by atoms with van der Waals surface area (Å²) >= 11 is 0. The molecule has 2 saturated carbocycles. The SMILES string of the molecule is C=C(N)c1cnc(NC(=O)[C@H]2CC2(C)C)cc1Nc1cccc(-c2cnn(C3CCCC3(C)OCCC)c2)c1OC. The topological polar surface area (TPSA) is 116 Å². The Morgan fingerprint density at radius 1 is 1.24 bits per heavy atom. The van der Waals surface area contributed by atoms with Crippen LogP contribution < -0.4 is 21.1 Å². The molecule has 41 heavy (non-hydrogen) atoms. The second-order valence-corrected chi connectivity index (χ2v) is 12.2. The number of ether oxygens (including phenoxy) is 2. The molecule has 5 rings (SSSR count). The molecule has 0 saturated heterocycles. The number of aromatic nitrogens is 3. The molecule has 218 valence electrons. The molecule has 2 unspecified atom stereocenters. The molecule has 1 amide bonds. The minimum atomic E-state index is -0.225. The predicted octanol–water partition coefficient (Wildman–Crippen LogP) is 6.52. The summed E-state index contributed by atoms with van der Waals surface area (Å²) in [5.74, 6) is 1.08. The van der Waals surface area contributed by atoms with Crippen LogP contribution in [0.25, 0.3) is 16.8 Å². The standard InChI is InChI=1S/C32H42N6O3/c1-7-14-41-32(5)13-9-12-27(32)38-19-21(17-35-38)22-10-8-11-25(29(22)40-6)36-26-15-28(34-18-23(26)20(2)33)37-30(39)24-16-31(24,3)4/h8,10-11,15,17-19,24,27H,2,7,9,12-14,16,33H2,1,3-6H3,(H2,34,36,37,39)/t24-,27?,32?/m1/s1. The van der Waals surface area contributed by atoms with Crippen LogP contribution in [0.15, 0.2) is 49.4 Å². The molecular weight excluding hydrogens is 516 g/mol. The Morgan fingerprint density at radius 3 is 2.71 bits per heavy atom. The molecule has 9 heteroatoms. The van der Waals surface area contributed by atoms with Gasteiger partial charge in [-0.1, -0.05) is 39.5 Å². The van der Waals surface area contributed by atoms with Crippen LogP contribution in [-0.4, -0.2) is 40.0 Å². The van der Waals surface area contributed by atoms with E-state index in [4.69, 9.17) is 20.3 Å². The van der Waals surface area contributed by atoms with Crippen LogP contribution in [0.5, 0.6) is 5.75 Å². The molecule has 0 spiro atoms. The summed E-state index contributed by atoms with van der Waals surface area (Å²) in [6.45, 7) is 13.2. The number of anilines is 3. The fourth-order valence-corrected chi connectivity index (χ4v) is 5.92. The predicted molar refractivity (Wildman–Crippen MR) is 163 cm³/mol. The Bertz CT molecular complexity index is 1450. The highest BCUT2D eigenvalue weighted by molar-refractivity contribution is 5.95. The van der Waals surface area contributed by atoms with Gasteiger partial charge in [0.1, 0.15) is 11.6 Å². The number of nitrogens with two attached hydrogens (primary N) is 1. The molecule has 3 atom stereocenters. The Kier molecular flexibility index (Phi) is 7.83. The molecular formula is C32H42N6O3. The summed E-state index contributed by atoms with van der Waals surface area (Å²) in [4.78, 5) is 17.1. The van der Waals surface area contributed by atoms with E-state index >= 15 is 0 Å². The van der Waals surface area contributed by atoms with Crippen molar-refractivity contribution in [2.24, 2.45) is 17.1 Å². The lowest BCUT2D eigenvalue weighted by molar-refractivity contribution is -0.118. The minimum Gasteiger partial charge on any atom is -0.494 e. The molecule has 9 nitrogen and oxygen atoms in total. The number of hydrogen-bond acceptors (Lipinski definition) is 7. The van der Waals surface area contributed by atoms with Crippen LogP contribution in [-0.2, 0) is 9.53 Å². The van der Waals surface area contributed by atoms with Crippen LogP contribution in [0.1, 0.15) is 71.4 Å². The number of nitrogens with zero attached hydrogens (tertiary/aromatic N) is 3. The van der Waals surface area contributed by atoms with Gasteiger partial charge in [-0.15, -0.1) is 0 Å². The number of methoxy groups -OCH3 is 1. The zero-order chi connectivity index (χ0) is 29.4. The fourth-order valence-electron chi connectivity index (χ4n) is 5.92. The Morgan fingerprint density at radius 2 is 2.02 bits per heavy atom. The lowest BCUT2D eigenvalue weighted by atomic mass is 10.00. The van der Waals surface area contributed by atoms with Gasteiger partial charge < -0.3 is 25.8 Å². The maximum Gasteiger partial charge on any atom is 0.229 e. The first-order chi connectivity index (χ1) is 19.6. The molecule has 2 fully saturated rings. The van der Waals surface area contributed by atoms with E-state index in [1.165, 1.54) is 0 Å². The van der Waals surface area contributed by atoms with Gasteiger partial charge in [0.2, 0.25) is 5.91 Å². The van der Waals surface area contributed by atoms with E-state index in [-0.39, 0.29) is 28.9 Å². The third-order valence-corrected chi connectivity index (χ3v) is 8.54. The van der Waals surface area contributed by atoms with E-state index in [1.807, 2.05) is 29.1 Å². The van der Waals surface area contributed by atoms with Gasteiger partial charge in [-0.25, -0.2) is 4.98 Å². The van der Waals surface area contributed by atoms with Crippen molar-refractivity contribution in [2.75, 3.05) is 24.4 Å². The zero-order valence-electron chi connectivity index (χ0n) is 24.8. The normalized spacial score (nSPS) is 22.8. The Labute approximate surface area is 242 Å². The number of amides is 1. The van der Waals surface area contributed by atoms with Gasteiger partial charge in [-0.2, -0.15) is 5.10 Å². The molecule has 2 aromatic heterocycles. The monoisotopic (exact) mass is 558 g/mol. The molecule has 0 aliphatic heterocycles. The summed E-state index contributed by atoms with van der Waals surface area (Å²) in [7, 11) is 1.65. The van der Waals surface area contributed by atoms with Crippen molar-refractivity contribution in [1.29, 1.82) is 0 Å². The first kappa shape index (κ1) is 28.7. The smallest absolute Gasteiger partial charge is 0.229 e. The van der Waals surface area contributed by atoms with Gasteiger partial charge in [0.25, 0.3) is 0 Å². The lowest BCUT2D eigenvalue weighted by Crippen LogP contribution is -2.35. The van der Waals surface area contributed by atoms with E-state index < -0.39 is 0 Å². The maximum absolute atomic E-state index is 12.7. The zero-order valence-corrected chi connectivity index (χ0v) is 24.8. The first-order valence-corrected chi connectivity index (χ1v) is 14.4. The third-order valence-electron chi connectivity index (χ3n) is 8.54. The van der Waals surface area contributed by atoms with Crippen molar-refractivity contribution in [1.82, 2.24) is 14.8 Å². The highest BCUT2D eigenvalue weighted by atomic mass is 16.5. The van der Waals surface area contributed by atoms with Crippen molar-refractivity contribution in [2.45, 2.75) is 71.4 Å². The Balaban J connectivity index is 1.42. The van der Waals surface area contributed by atoms with Crippen LogP contribution in [0.2, 0.25) is 0 Å². The summed E-state index contributed by atoms with van der Waals surface area (Å²) in [5.41, 5.74) is 10.2. The number of nitrogens with one attached hydrogen (secondary N) is 2. The van der Waals surface area contributed by atoms with Gasteiger partial charge >= 0.3 is 0 Å². The second kappa shape index (κ2) is 11.2. The summed E-state index contributed by atoms with van der Waals surface area (Å²) in [5, 5.41) is 11.2. The van der Waals surface area contributed by atoms with Crippen LogP contribution in [0.4, 0.5) is 17.2 Å². The number of pyridine rings is 1. The number of hydrogen-bond donors (Lipinski definition) is 3. The van der Waals surface area contributed by atoms with Crippen molar-refractivity contribution in [3.8, 4) is 16.9 Å². The van der Waals surface area contributed by atoms with Crippen molar-refractivity contribution in [3.05, 3.63) is 55.0 Å². The average Bonchev–Trinajstić information content (AvgIpc) is 3.23. The lowest BCUT2D eigenvalue weighted by Gasteiger charge is -2.32. The van der Waals surface area contributed by atoms with Gasteiger partial charge in [-0.05, 0) is 50.5 Å². The van der Waals surface area contributed by atoms with Crippen molar-refractivity contribution >= 4 is 28.8 Å². The van der Waals surface area contributed by atoms with E-state index in [1.54, 1.807) is 19.4 Å². The molecule has 0 radical (unpaired) electrons. The van der Waals surface area contributed by atoms with Gasteiger partial charge in [0.15, 0.2) is 0 Å². The van der Waals surface area contributed by atoms with Crippen LogP contribution in [0.3, 0.4) is 0 Å². The van der Waals surface area contributed by atoms with Crippen LogP contribution >= 0.6 is 0 Å². The second-order valence-electron chi connectivity index (χ2n) is 12.2. The number of carbonyl (C=O) groups is 1. The highest BCUT2D eigenvalue weighted by Crippen LogP contribution is 2.52. The number of carbonyl (C=O) groups excluding carboxylic acids is 1. The molecule has 1 aromatic carbocycles. The summed E-state index contributed by atoms with van der Waals surface area (Å²) in [6, 6.07) is 7.89. The van der Waals surface area contributed by atoms with Gasteiger partial charge in [0.05, 0.1) is 36.3 Å². The molecule has 2 aliphatic rings. The number of rotatable bonds is 11. The number of para-hydroxylation sites is 1. The largest absolute Gasteiger partial charge is 0.494 e. The molecule has 0 bridgehead atoms. The molecule has 3 aromatic rings. The van der Waals surface area contributed by atoms with E-state index in [0.717, 1.165) is 55.5 Å². The average molecular weight is 559 g/mol. The summed E-state index contributed by atoms with van der Waals surface area (Å²) in [6.07, 6.45) is 10.6. The maximum atomic E-state index is 12.7. The third kappa shape index (κ3) is 5.81. The minimum absolute atomic E-state index is 0.0112. The summed E-state index contributed by atoms with van der Waals surface area (Å²) < 4.78 is 14.3. The van der Waals surface area contributed by atoms with E-state index in [2.05, 4.69) is 56.1 Å². The molecule has 4 N–H and O–H groups in total. The Hall–Kier alpha value is -3.85. The molecule has 2 heterocycles. The van der Waals surface area contributed by atoms with Gasteiger partial charge in [-0.3, -0.25) is 9.48 Å².